The lowest BCUT2D eigenvalue weighted by atomic mass is 10.2. The molecular weight excluding hydrogens is 254 g/mol. The SMILES string of the molecule is Cc1nc(-c2nc(-c3ccc(Cl)cc3)no2)co1. The van der Waals surface area contributed by atoms with Crippen LogP contribution in [0.3, 0.4) is 0 Å². The van der Waals surface area contributed by atoms with Crippen LogP contribution in [0, 0.1) is 6.92 Å². The molecule has 3 rings (SSSR count). The summed E-state index contributed by atoms with van der Waals surface area (Å²) in [5.74, 6) is 1.37. The van der Waals surface area contributed by atoms with Crippen molar-refractivity contribution >= 4 is 11.6 Å². The monoisotopic (exact) mass is 261 g/mol. The van der Waals surface area contributed by atoms with E-state index in [1.54, 1.807) is 19.1 Å². The van der Waals surface area contributed by atoms with Crippen LogP contribution in [0.25, 0.3) is 23.0 Å². The molecule has 0 saturated carbocycles. The number of hydrogen-bond acceptors (Lipinski definition) is 5. The van der Waals surface area contributed by atoms with Gasteiger partial charge in [-0.25, -0.2) is 4.98 Å². The van der Waals surface area contributed by atoms with Gasteiger partial charge in [0.2, 0.25) is 5.82 Å². The highest BCUT2D eigenvalue weighted by molar-refractivity contribution is 6.30. The summed E-state index contributed by atoms with van der Waals surface area (Å²) in [5.41, 5.74) is 1.36. The van der Waals surface area contributed by atoms with Gasteiger partial charge in [-0.2, -0.15) is 4.98 Å². The Labute approximate surface area is 107 Å². The summed E-state index contributed by atoms with van der Waals surface area (Å²) in [6.07, 6.45) is 1.48. The van der Waals surface area contributed by atoms with E-state index in [1.807, 2.05) is 12.1 Å². The molecule has 3 aromatic rings. The van der Waals surface area contributed by atoms with Gasteiger partial charge in [-0.15, -0.1) is 0 Å². The standard InChI is InChI=1S/C12H8ClN3O2/c1-7-14-10(6-17-7)12-15-11(16-18-12)8-2-4-9(13)5-3-8/h2-6H,1H3. The van der Waals surface area contributed by atoms with Crippen LogP contribution in [0.1, 0.15) is 5.89 Å². The van der Waals surface area contributed by atoms with Crippen molar-refractivity contribution in [3.8, 4) is 23.0 Å². The Balaban J connectivity index is 1.96. The summed E-state index contributed by atoms with van der Waals surface area (Å²) in [5, 5.41) is 4.55. The molecular formula is C12H8ClN3O2. The predicted molar refractivity (Wildman–Crippen MR) is 65.0 cm³/mol. The van der Waals surface area contributed by atoms with Crippen molar-refractivity contribution in [3.63, 3.8) is 0 Å². The number of aromatic nitrogens is 3. The van der Waals surface area contributed by atoms with E-state index in [0.29, 0.717) is 28.3 Å². The fraction of sp³-hybridized carbons (Fsp3) is 0.0833. The first-order chi connectivity index (χ1) is 8.72. The number of oxazole rings is 1. The van der Waals surface area contributed by atoms with Crippen molar-refractivity contribution < 1.29 is 8.94 Å². The Morgan fingerprint density at radius 1 is 1.11 bits per heavy atom. The number of nitrogens with zero attached hydrogens (tertiary/aromatic N) is 3. The Hall–Kier alpha value is -2.14. The Morgan fingerprint density at radius 3 is 2.56 bits per heavy atom. The van der Waals surface area contributed by atoms with Crippen LogP contribution in [0.4, 0.5) is 0 Å². The molecule has 0 unspecified atom stereocenters. The third-order valence-electron chi connectivity index (χ3n) is 2.37. The number of benzene rings is 1. The predicted octanol–water partition coefficient (Wildman–Crippen LogP) is 3.35. The normalized spacial score (nSPS) is 10.8. The van der Waals surface area contributed by atoms with Crippen molar-refractivity contribution in [3.05, 3.63) is 41.4 Å². The number of halogens is 1. The molecule has 1 aromatic carbocycles. The molecule has 18 heavy (non-hydrogen) atoms. The second-order valence-corrected chi connectivity index (χ2v) is 4.12. The van der Waals surface area contributed by atoms with E-state index < -0.39 is 0 Å². The largest absolute Gasteiger partial charge is 0.448 e. The molecule has 0 fully saturated rings. The van der Waals surface area contributed by atoms with Crippen LogP contribution in [-0.4, -0.2) is 15.1 Å². The van der Waals surface area contributed by atoms with Crippen LogP contribution in [0.2, 0.25) is 5.02 Å². The Bertz CT molecular complexity index is 673. The van der Waals surface area contributed by atoms with E-state index in [0.717, 1.165) is 5.56 Å². The molecule has 0 radical (unpaired) electrons. The van der Waals surface area contributed by atoms with Gasteiger partial charge >= 0.3 is 0 Å². The van der Waals surface area contributed by atoms with E-state index in [1.165, 1.54) is 6.26 Å². The van der Waals surface area contributed by atoms with Crippen LogP contribution >= 0.6 is 11.6 Å². The summed E-state index contributed by atoms with van der Waals surface area (Å²) < 4.78 is 10.2. The first-order valence-electron chi connectivity index (χ1n) is 5.24. The molecule has 6 heteroatoms. The molecule has 0 bridgehead atoms. The molecule has 5 nitrogen and oxygen atoms in total. The zero-order valence-electron chi connectivity index (χ0n) is 9.42. The maximum atomic E-state index is 5.82. The van der Waals surface area contributed by atoms with Gasteiger partial charge in [0, 0.05) is 17.5 Å². The minimum absolute atomic E-state index is 0.330. The van der Waals surface area contributed by atoms with Crippen LogP contribution in [-0.2, 0) is 0 Å². The van der Waals surface area contributed by atoms with Gasteiger partial charge in [-0.05, 0) is 24.3 Å². The summed E-state index contributed by atoms with van der Waals surface area (Å²) in [7, 11) is 0. The molecule has 0 atom stereocenters. The lowest BCUT2D eigenvalue weighted by Crippen LogP contribution is -1.81. The van der Waals surface area contributed by atoms with Gasteiger partial charge in [-0.1, -0.05) is 16.8 Å². The van der Waals surface area contributed by atoms with Crippen molar-refractivity contribution in [2.24, 2.45) is 0 Å². The van der Waals surface area contributed by atoms with E-state index >= 15 is 0 Å². The average Bonchev–Trinajstić information content (AvgIpc) is 2.98. The summed E-state index contributed by atoms with van der Waals surface area (Å²) >= 11 is 5.82. The van der Waals surface area contributed by atoms with Gasteiger partial charge in [0.15, 0.2) is 11.6 Å². The van der Waals surface area contributed by atoms with Gasteiger partial charge in [0.25, 0.3) is 5.89 Å². The van der Waals surface area contributed by atoms with Gasteiger partial charge < -0.3 is 8.94 Å². The van der Waals surface area contributed by atoms with Crippen molar-refractivity contribution in [2.75, 3.05) is 0 Å². The Morgan fingerprint density at radius 2 is 1.89 bits per heavy atom. The molecule has 0 aliphatic heterocycles. The highest BCUT2D eigenvalue weighted by Crippen LogP contribution is 2.22. The minimum Gasteiger partial charge on any atom is -0.448 e. The van der Waals surface area contributed by atoms with Gasteiger partial charge in [0.05, 0.1) is 0 Å². The number of rotatable bonds is 2. The fourth-order valence-corrected chi connectivity index (χ4v) is 1.63. The maximum Gasteiger partial charge on any atom is 0.280 e. The maximum absolute atomic E-state index is 5.82. The van der Waals surface area contributed by atoms with Crippen LogP contribution in [0.5, 0.6) is 0 Å². The van der Waals surface area contributed by atoms with E-state index in [9.17, 15) is 0 Å². The average molecular weight is 262 g/mol. The van der Waals surface area contributed by atoms with Crippen LogP contribution in [0.15, 0.2) is 39.5 Å². The highest BCUT2D eigenvalue weighted by Gasteiger charge is 2.13. The van der Waals surface area contributed by atoms with E-state index in [-0.39, 0.29) is 0 Å². The smallest absolute Gasteiger partial charge is 0.280 e. The third kappa shape index (κ3) is 2.00. The van der Waals surface area contributed by atoms with E-state index in [2.05, 4.69) is 15.1 Å². The molecule has 0 aliphatic rings. The van der Waals surface area contributed by atoms with Gasteiger partial charge in [-0.3, -0.25) is 0 Å². The number of aryl methyl sites for hydroxylation is 1. The van der Waals surface area contributed by atoms with Crippen molar-refractivity contribution in [1.82, 2.24) is 15.1 Å². The number of hydrogen-bond donors (Lipinski definition) is 0. The Kier molecular flexibility index (Phi) is 2.60. The van der Waals surface area contributed by atoms with Gasteiger partial charge in [0.1, 0.15) is 6.26 Å². The zero-order valence-corrected chi connectivity index (χ0v) is 10.2. The molecule has 0 N–H and O–H groups in total. The summed E-state index contributed by atoms with van der Waals surface area (Å²) in [4.78, 5) is 8.37. The first kappa shape index (κ1) is 11.0. The minimum atomic E-state index is 0.330. The molecule has 2 aromatic heterocycles. The summed E-state index contributed by atoms with van der Waals surface area (Å²) in [6.45, 7) is 1.75. The third-order valence-corrected chi connectivity index (χ3v) is 2.62. The van der Waals surface area contributed by atoms with E-state index in [4.69, 9.17) is 20.5 Å². The second-order valence-electron chi connectivity index (χ2n) is 3.68. The van der Waals surface area contributed by atoms with Crippen molar-refractivity contribution in [1.29, 1.82) is 0 Å². The molecule has 0 amide bonds. The molecule has 0 aliphatic carbocycles. The molecule has 0 saturated heterocycles. The second kappa shape index (κ2) is 4.27. The quantitative estimate of drug-likeness (QED) is 0.708. The zero-order chi connectivity index (χ0) is 12.5. The molecule has 2 heterocycles. The fourth-order valence-electron chi connectivity index (χ4n) is 1.51. The highest BCUT2D eigenvalue weighted by atomic mass is 35.5. The topological polar surface area (TPSA) is 65.0 Å². The lowest BCUT2D eigenvalue weighted by molar-refractivity contribution is 0.430. The van der Waals surface area contributed by atoms with Crippen molar-refractivity contribution in [2.45, 2.75) is 6.92 Å². The lowest BCUT2D eigenvalue weighted by Gasteiger charge is -1.92. The summed E-state index contributed by atoms with van der Waals surface area (Å²) in [6, 6.07) is 7.19. The molecule has 90 valence electrons. The molecule has 0 spiro atoms. The van der Waals surface area contributed by atoms with Crippen LogP contribution < -0.4 is 0 Å². The first-order valence-corrected chi connectivity index (χ1v) is 5.62.